The molecule has 12 heteroatoms. The third kappa shape index (κ3) is 5.91. The molecule has 34 heavy (non-hydrogen) atoms. The maximum absolute atomic E-state index is 12.6. The van der Waals surface area contributed by atoms with Gasteiger partial charge < -0.3 is 15.2 Å². The molecule has 0 spiro atoms. The number of carbonyl (C=O) groups is 2. The summed E-state index contributed by atoms with van der Waals surface area (Å²) in [6, 6.07) is 10.6. The molecule has 178 valence electrons. The summed E-state index contributed by atoms with van der Waals surface area (Å²) >= 11 is 7.31. The molecular formula is C22H23ClN6O4S. The Hall–Kier alpha value is -3.44. The van der Waals surface area contributed by atoms with Gasteiger partial charge in [0.25, 0.3) is 11.6 Å². The summed E-state index contributed by atoms with van der Waals surface area (Å²) in [7, 11) is 0. The van der Waals surface area contributed by atoms with E-state index in [0.29, 0.717) is 39.4 Å². The number of nitro groups is 1. The predicted octanol–water partition coefficient (Wildman–Crippen LogP) is 4.39. The molecule has 0 aliphatic carbocycles. The van der Waals surface area contributed by atoms with E-state index in [9.17, 15) is 19.7 Å². The quantitative estimate of drug-likeness (QED) is 0.252. The van der Waals surface area contributed by atoms with E-state index in [4.69, 9.17) is 11.6 Å². The minimum atomic E-state index is -0.485. The van der Waals surface area contributed by atoms with Crippen molar-refractivity contribution in [3.63, 3.8) is 0 Å². The Kier molecular flexibility index (Phi) is 8.24. The van der Waals surface area contributed by atoms with E-state index < -0.39 is 11.0 Å². The lowest BCUT2D eigenvalue weighted by molar-refractivity contribution is -0.384. The van der Waals surface area contributed by atoms with Crippen molar-refractivity contribution in [1.29, 1.82) is 0 Å². The average Bonchev–Trinajstić information content (AvgIpc) is 3.22. The Morgan fingerprint density at radius 1 is 1.24 bits per heavy atom. The minimum Gasteiger partial charge on any atom is -0.342 e. The van der Waals surface area contributed by atoms with Crippen LogP contribution in [0.2, 0.25) is 5.02 Å². The molecule has 0 radical (unpaired) electrons. The number of hydrogen-bond donors (Lipinski definition) is 2. The lowest BCUT2D eigenvalue weighted by Gasteiger charge is -2.15. The first-order chi connectivity index (χ1) is 16.2. The first-order valence-corrected chi connectivity index (χ1v) is 11.7. The number of halogens is 1. The maximum atomic E-state index is 12.6. The van der Waals surface area contributed by atoms with Crippen molar-refractivity contribution >= 4 is 46.6 Å². The third-order valence-electron chi connectivity index (χ3n) is 4.94. The second kappa shape index (κ2) is 11.1. The highest BCUT2D eigenvalue weighted by atomic mass is 35.5. The second-order valence-corrected chi connectivity index (χ2v) is 8.70. The Labute approximate surface area is 205 Å². The summed E-state index contributed by atoms with van der Waals surface area (Å²) in [6.45, 7) is 5.94. The summed E-state index contributed by atoms with van der Waals surface area (Å²) in [5.74, 6) is 0.0108. The number of thioether (sulfide) groups is 1. The second-order valence-electron chi connectivity index (χ2n) is 7.35. The van der Waals surface area contributed by atoms with Crippen LogP contribution < -0.4 is 10.6 Å². The number of non-ortho nitro benzene ring substituents is 1. The summed E-state index contributed by atoms with van der Waals surface area (Å²) < 4.78 is 1.83. The topological polar surface area (TPSA) is 132 Å². The molecule has 1 heterocycles. The van der Waals surface area contributed by atoms with Crippen LogP contribution in [0.3, 0.4) is 0 Å². The summed E-state index contributed by atoms with van der Waals surface area (Å²) in [6.07, 6.45) is 0. The number of benzene rings is 2. The smallest absolute Gasteiger partial charge is 0.269 e. The number of nitrogens with one attached hydrogen (secondary N) is 2. The van der Waals surface area contributed by atoms with E-state index >= 15 is 0 Å². The average molecular weight is 503 g/mol. The molecule has 0 aliphatic heterocycles. The highest BCUT2D eigenvalue weighted by Gasteiger charge is 2.21. The van der Waals surface area contributed by atoms with Crippen LogP contribution in [0, 0.1) is 17.0 Å². The van der Waals surface area contributed by atoms with E-state index in [-0.39, 0.29) is 23.3 Å². The Morgan fingerprint density at radius 3 is 2.62 bits per heavy atom. The van der Waals surface area contributed by atoms with Gasteiger partial charge in [-0.25, -0.2) is 0 Å². The van der Waals surface area contributed by atoms with Crippen LogP contribution in [-0.4, -0.2) is 37.3 Å². The van der Waals surface area contributed by atoms with Gasteiger partial charge in [-0.1, -0.05) is 35.5 Å². The monoisotopic (exact) mass is 502 g/mol. The molecule has 3 aromatic rings. The number of nitrogens with zero attached hydrogens (tertiary/aromatic N) is 4. The maximum Gasteiger partial charge on any atom is 0.269 e. The van der Waals surface area contributed by atoms with Crippen molar-refractivity contribution in [1.82, 2.24) is 20.1 Å². The van der Waals surface area contributed by atoms with Gasteiger partial charge in [-0.3, -0.25) is 19.7 Å². The number of aromatic nitrogens is 3. The van der Waals surface area contributed by atoms with Gasteiger partial charge in [-0.2, -0.15) is 0 Å². The van der Waals surface area contributed by atoms with Crippen molar-refractivity contribution in [2.24, 2.45) is 0 Å². The molecule has 0 saturated heterocycles. The molecule has 0 aliphatic rings. The van der Waals surface area contributed by atoms with Crippen LogP contribution in [0.4, 0.5) is 11.4 Å². The van der Waals surface area contributed by atoms with Crippen molar-refractivity contribution in [3.05, 3.63) is 74.6 Å². The largest absolute Gasteiger partial charge is 0.342 e. The SMILES string of the molecule is CCn1c(SCC(=O)Nc2ccc([N+](=O)[O-])cc2C)nnc1[C@@H](C)NC(=O)c1ccccc1Cl. The summed E-state index contributed by atoms with van der Waals surface area (Å²) in [4.78, 5) is 35.4. The molecule has 0 bridgehead atoms. The first-order valence-electron chi connectivity index (χ1n) is 10.4. The van der Waals surface area contributed by atoms with Crippen LogP contribution >= 0.6 is 23.4 Å². The number of carbonyl (C=O) groups excluding carboxylic acids is 2. The zero-order chi connectivity index (χ0) is 24.8. The predicted molar refractivity (Wildman–Crippen MR) is 130 cm³/mol. The molecule has 2 N–H and O–H groups in total. The Balaban J connectivity index is 1.64. The van der Waals surface area contributed by atoms with Crippen LogP contribution in [0.15, 0.2) is 47.6 Å². The van der Waals surface area contributed by atoms with E-state index in [1.54, 1.807) is 38.1 Å². The molecule has 2 aromatic carbocycles. The van der Waals surface area contributed by atoms with E-state index in [1.165, 1.54) is 30.0 Å². The molecule has 3 rings (SSSR count). The van der Waals surface area contributed by atoms with Crippen LogP contribution in [0.5, 0.6) is 0 Å². The molecule has 10 nitrogen and oxygen atoms in total. The molecule has 0 fully saturated rings. The highest BCUT2D eigenvalue weighted by molar-refractivity contribution is 7.99. The van der Waals surface area contributed by atoms with Crippen molar-refractivity contribution in [3.8, 4) is 0 Å². The number of rotatable bonds is 9. The van der Waals surface area contributed by atoms with Gasteiger partial charge >= 0.3 is 0 Å². The third-order valence-corrected chi connectivity index (χ3v) is 6.24. The molecule has 2 amide bonds. The van der Waals surface area contributed by atoms with Crippen LogP contribution in [0.1, 0.15) is 41.6 Å². The molecule has 0 unspecified atom stereocenters. The van der Waals surface area contributed by atoms with E-state index in [1.807, 2.05) is 11.5 Å². The van der Waals surface area contributed by atoms with Crippen LogP contribution in [0.25, 0.3) is 0 Å². The number of nitro benzene ring substituents is 1. The molecule has 1 atom stereocenters. The molecule has 0 saturated carbocycles. The van der Waals surface area contributed by atoms with Gasteiger partial charge in [0.1, 0.15) is 0 Å². The van der Waals surface area contributed by atoms with E-state index in [0.717, 1.165) is 0 Å². The Morgan fingerprint density at radius 2 is 1.97 bits per heavy atom. The standard InChI is InChI=1S/C22H23ClN6O4S/c1-4-28-20(14(3)24-21(31)16-7-5-6-8-17(16)23)26-27-22(28)34-12-19(30)25-18-10-9-15(29(32)33)11-13(18)2/h5-11,14H,4,12H2,1-3H3,(H,24,31)(H,25,30)/t14-/m1/s1. The van der Waals surface area contributed by atoms with Crippen molar-refractivity contribution in [2.75, 3.05) is 11.1 Å². The van der Waals surface area contributed by atoms with Crippen molar-refractivity contribution < 1.29 is 14.5 Å². The van der Waals surface area contributed by atoms with Gasteiger partial charge in [-0.15, -0.1) is 10.2 Å². The van der Waals surface area contributed by atoms with Gasteiger partial charge in [0.05, 0.1) is 27.3 Å². The Bertz CT molecular complexity index is 1230. The van der Waals surface area contributed by atoms with E-state index in [2.05, 4.69) is 20.8 Å². The fourth-order valence-electron chi connectivity index (χ4n) is 3.23. The number of anilines is 1. The zero-order valence-electron chi connectivity index (χ0n) is 18.7. The van der Waals surface area contributed by atoms with Gasteiger partial charge in [0.15, 0.2) is 11.0 Å². The van der Waals surface area contributed by atoms with Crippen molar-refractivity contribution in [2.45, 2.75) is 38.5 Å². The lowest BCUT2D eigenvalue weighted by atomic mass is 10.2. The summed E-state index contributed by atoms with van der Waals surface area (Å²) in [5, 5.41) is 25.8. The zero-order valence-corrected chi connectivity index (χ0v) is 20.3. The highest BCUT2D eigenvalue weighted by Crippen LogP contribution is 2.24. The molecule has 1 aromatic heterocycles. The van der Waals surface area contributed by atoms with Crippen LogP contribution in [-0.2, 0) is 11.3 Å². The number of amides is 2. The number of hydrogen-bond acceptors (Lipinski definition) is 7. The van der Waals surface area contributed by atoms with Gasteiger partial charge in [-0.05, 0) is 44.5 Å². The fourth-order valence-corrected chi connectivity index (χ4v) is 4.26. The summed E-state index contributed by atoms with van der Waals surface area (Å²) in [5.41, 5.74) is 1.43. The first kappa shape index (κ1) is 25.2. The van der Waals surface area contributed by atoms with Gasteiger partial charge in [0, 0.05) is 24.4 Å². The lowest BCUT2D eigenvalue weighted by Crippen LogP contribution is -2.29. The molecular weight excluding hydrogens is 480 g/mol. The normalized spacial score (nSPS) is 11.6. The van der Waals surface area contributed by atoms with Gasteiger partial charge in [0.2, 0.25) is 5.91 Å². The minimum absolute atomic E-state index is 0.0378. The fraction of sp³-hybridized carbons (Fsp3) is 0.273. The number of aryl methyl sites for hydroxylation is 1.